The summed E-state index contributed by atoms with van der Waals surface area (Å²) in [6.07, 6.45) is 2.64. The van der Waals surface area contributed by atoms with Crippen LogP contribution >= 0.6 is 0 Å². The number of nitrogens with one attached hydrogen (secondary N) is 1. The van der Waals surface area contributed by atoms with Gasteiger partial charge in [0.1, 0.15) is 11.6 Å². The van der Waals surface area contributed by atoms with Gasteiger partial charge in [0.15, 0.2) is 0 Å². The Bertz CT molecular complexity index is 1260. The number of aryl methyl sites for hydroxylation is 2. The summed E-state index contributed by atoms with van der Waals surface area (Å²) in [4.78, 5) is 17.4. The highest BCUT2D eigenvalue weighted by Crippen LogP contribution is 2.20. The molecule has 3 aromatic carbocycles. The van der Waals surface area contributed by atoms with Gasteiger partial charge in [-0.25, -0.2) is 4.98 Å². The van der Waals surface area contributed by atoms with E-state index in [-0.39, 0.29) is 5.91 Å². The zero-order valence-corrected chi connectivity index (χ0v) is 21.0. The number of rotatable bonds is 11. The molecule has 0 saturated carbocycles. The van der Waals surface area contributed by atoms with Gasteiger partial charge in [0.25, 0.3) is 5.91 Å². The number of hydrogen-bond donors (Lipinski definition) is 1. The predicted molar refractivity (Wildman–Crippen MR) is 142 cm³/mol. The van der Waals surface area contributed by atoms with Crippen LogP contribution in [-0.4, -0.2) is 28.6 Å². The number of carbonyl (C=O) groups is 1. The second kappa shape index (κ2) is 11.7. The van der Waals surface area contributed by atoms with Crippen LogP contribution in [0.1, 0.15) is 59.9 Å². The minimum absolute atomic E-state index is 0.0464. The van der Waals surface area contributed by atoms with Crippen molar-refractivity contribution < 1.29 is 9.53 Å². The van der Waals surface area contributed by atoms with Crippen LogP contribution in [0.25, 0.3) is 11.0 Å². The van der Waals surface area contributed by atoms with Gasteiger partial charge in [0.05, 0.1) is 17.6 Å². The maximum Gasteiger partial charge on any atom is 0.251 e. The van der Waals surface area contributed by atoms with Crippen molar-refractivity contribution in [2.24, 2.45) is 0 Å². The summed E-state index contributed by atoms with van der Waals surface area (Å²) < 4.78 is 8.23. The van der Waals surface area contributed by atoms with Crippen LogP contribution in [0.3, 0.4) is 0 Å². The van der Waals surface area contributed by atoms with E-state index in [9.17, 15) is 4.79 Å². The lowest BCUT2D eigenvalue weighted by molar-refractivity contribution is 0.0954. The average Bonchev–Trinajstić information content (AvgIpc) is 3.21. The first-order chi connectivity index (χ1) is 17.0. The fourth-order valence-corrected chi connectivity index (χ4v) is 4.25. The molecule has 5 nitrogen and oxygen atoms in total. The number of aromatic nitrogens is 2. The van der Waals surface area contributed by atoms with E-state index >= 15 is 0 Å². The second-order valence-electron chi connectivity index (χ2n) is 9.32. The first-order valence-electron chi connectivity index (χ1n) is 12.5. The van der Waals surface area contributed by atoms with E-state index in [1.54, 1.807) is 0 Å². The number of unbranched alkanes of at least 4 members (excludes halogenated alkanes) is 1. The lowest BCUT2D eigenvalue weighted by Gasteiger charge is -2.11. The molecule has 0 fully saturated rings. The van der Waals surface area contributed by atoms with Crippen molar-refractivity contribution in [2.75, 3.05) is 13.2 Å². The molecule has 0 aliphatic heterocycles. The van der Waals surface area contributed by atoms with Crippen LogP contribution in [0.4, 0.5) is 0 Å². The topological polar surface area (TPSA) is 56.2 Å². The number of amides is 1. The summed E-state index contributed by atoms with van der Waals surface area (Å²) in [6.45, 7) is 8.50. The first kappa shape index (κ1) is 24.5. The molecule has 4 rings (SSSR count). The molecule has 5 heteroatoms. The van der Waals surface area contributed by atoms with E-state index in [0.717, 1.165) is 47.6 Å². The van der Waals surface area contributed by atoms with Crippen molar-refractivity contribution in [3.8, 4) is 5.75 Å². The maximum atomic E-state index is 12.5. The van der Waals surface area contributed by atoms with Crippen LogP contribution in [0, 0.1) is 6.92 Å². The Morgan fingerprint density at radius 1 is 1.00 bits per heavy atom. The maximum absolute atomic E-state index is 12.5. The summed E-state index contributed by atoms with van der Waals surface area (Å²) in [5, 5.41) is 3.04. The first-order valence-corrected chi connectivity index (χ1v) is 12.5. The third-order valence-electron chi connectivity index (χ3n) is 6.24. The molecule has 0 unspecified atom stereocenters. The van der Waals surface area contributed by atoms with Crippen molar-refractivity contribution >= 4 is 16.9 Å². The smallest absolute Gasteiger partial charge is 0.251 e. The van der Waals surface area contributed by atoms with Gasteiger partial charge in [0.2, 0.25) is 0 Å². The van der Waals surface area contributed by atoms with E-state index in [1.807, 2.05) is 49.4 Å². The molecule has 0 aliphatic carbocycles. The van der Waals surface area contributed by atoms with Crippen molar-refractivity contribution in [3.05, 3.63) is 95.3 Å². The molecular formula is C30H35N3O2. The van der Waals surface area contributed by atoms with Crippen LogP contribution in [0.5, 0.6) is 5.75 Å². The van der Waals surface area contributed by atoms with Gasteiger partial charge in [-0.1, -0.05) is 55.8 Å². The van der Waals surface area contributed by atoms with E-state index in [0.29, 0.717) is 31.1 Å². The Hall–Kier alpha value is -3.60. The molecule has 0 bridgehead atoms. The summed E-state index contributed by atoms with van der Waals surface area (Å²) in [5.74, 6) is 2.41. The van der Waals surface area contributed by atoms with Crippen LogP contribution in [0.2, 0.25) is 0 Å². The lowest BCUT2D eigenvalue weighted by Crippen LogP contribution is -2.26. The molecule has 0 saturated heterocycles. The number of imidazole rings is 1. The molecule has 0 spiro atoms. The Labute approximate surface area is 208 Å². The number of fused-ring (bicyclic) bond motifs is 1. The molecule has 182 valence electrons. The third kappa shape index (κ3) is 6.50. The Balaban J connectivity index is 1.31. The van der Waals surface area contributed by atoms with Gasteiger partial charge in [-0.15, -0.1) is 0 Å². The van der Waals surface area contributed by atoms with Crippen molar-refractivity contribution in [1.82, 2.24) is 14.9 Å². The highest BCUT2D eigenvalue weighted by molar-refractivity contribution is 5.94. The zero-order chi connectivity index (χ0) is 24.6. The number of ether oxygens (including phenoxy) is 1. The fourth-order valence-electron chi connectivity index (χ4n) is 4.25. The summed E-state index contributed by atoms with van der Waals surface area (Å²) in [6, 6.07) is 24.3. The van der Waals surface area contributed by atoms with Crippen LogP contribution < -0.4 is 10.1 Å². The van der Waals surface area contributed by atoms with Crippen molar-refractivity contribution in [3.63, 3.8) is 0 Å². The Morgan fingerprint density at radius 2 is 1.80 bits per heavy atom. The zero-order valence-electron chi connectivity index (χ0n) is 21.0. The molecule has 1 amide bonds. The highest BCUT2D eigenvalue weighted by Gasteiger charge is 2.11. The average molecular weight is 470 g/mol. The predicted octanol–water partition coefficient (Wildman–Crippen LogP) is 6.30. The molecule has 1 aromatic heterocycles. The second-order valence-corrected chi connectivity index (χ2v) is 9.32. The van der Waals surface area contributed by atoms with E-state index in [4.69, 9.17) is 9.72 Å². The molecule has 0 radical (unpaired) electrons. The Kier molecular flexibility index (Phi) is 8.19. The molecule has 35 heavy (non-hydrogen) atoms. The monoisotopic (exact) mass is 469 g/mol. The van der Waals surface area contributed by atoms with E-state index < -0.39 is 0 Å². The summed E-state index contributed by atoms with van der Waals surface area (Å²) in [5.41, 5.74) is 5.23. The van der Waals surface area contributed by atoms with E-state index in [2.05, 4.69) is 54.1 Å². The number of carbonyl (C=O) groups excluding carboxylic acids is 1. The number of para-hydroxylation sites is 2. The molecule has 1 heterocycles. The lowest BCUT2D eigenvalue weighted by atomic mass is 10.0. The van der Waals surface area contributed by atoms with Gasteiger partial charge >= 0.3 is 0 Å². The van der Waals surface area contributed by atoms with Crippen LogP contribution in [0.15, 0.2) is 72.8 Å². The Morgan fingerprint density at radius 3 is 2.57 bits per heavy atom. The van der Waals surface area contributed by atoms with Crippen LogP contribution in [-0.2, 0) is 13.0 Å². The minimum atomic E-state index is -0.0464. The van der Waals surface area contributed by atoms with Crippen molar-refractivity contribution in [1.29, 1.82) is 0 Å². The minimum Gasteiger partial charge on any atom is -0.494 e. The van der Waals surface area contributed by atoms with Gasteiger partial charge in [0, 0.05) is 25.1 Å². The normalized spacial score (nSPS) is 11.2. The molecule has 1 N–H and O–H groups in total. The number of hydrogen-bond acceptors (Lipinski definition) is 3. The number of nitrogens with zero attached hydrogens (tertiary/aromatic N) is 2. The van der Waals surface area contributed by atoms with Gasteiger partial charge in [-0.3, -0.25) is 4.79 Å². The van der Waals surface area contributed by atoms with E-state index in [1.165, 1.54) is 5.56 Å². The molecule has 0 atom stereocenters. The third-order valence-corrected chi connectivity index (χ3v) is 6.24. The molecule has 4 aromatic rings. The fraction of sp³-hybridized carbons (Fsp3) is 0.333. The summed E-state index contributed by atoms with van der Waals surface area (Å²) >= 11 is 0. The SMILES string of the molecule is Cc1cccc(C(=O)NCCc2nc3ccccc3n2CCCCOc2ccc(C(C)C)cc2)c1. The highest BCUT2D eigenvalue weighted by atomic mass is 16.5. The molecular weight excluding hydrogens is 434 g/mol. The quantitative estimate of drug-likeness (QED) is 0.262. The van der Waals surface area contributed by atoms with Gasteiger partial charge in [-0.05, 0) is 67.6 Å². The molecule has 0 aliphatic rings. The number of benzene rings is 3. The summed E-state index contributed by atoms with van der Waals surface area (Å²) in [7, 11) is 0. The van der Waals surface area contributed by atoms with Gasteiger partial charge in [-0.2, -0.15) is 0 Å². The largest absolute Gasteiger partial charge is 0.494 e. The van der Waals surface area contributed by atoms with Gasteiger partial charge < -0.3 is 14.6 Å². The standard InChI is InChI=1S/C30H35N3O2/c1-22(2)24-13-15-26(16-14-24)35-20-7-6-19-33-28-12-5-4-11-27(28)32-29(33)17-18-31-30(34)25-10-8-9-23(3)21-25/h4-5,8-16,21-22H,6-7,17-20H2,1-3H3,(H,31,34). The van der Waals surface area contributed by atoms with Crippen molar-refractivity contribution in [2.45, 2.75) is 52.5 Å².